The number of alkyl halides is 3. The molecule has 0 spiro atoms. The molecular weight excluding hydrogens is 429 g/mol. The van der Waals surface area contributed by atoms with E-state index >= 15 is 0 Å². The van der Waals surface area contributed by atoms with Crippen molar-refractivity contribution in [2.24, 2.45) is 0 Å². The highest BCUT2D eigenvalue weighted by atomic mass is 35.5. The van der Waals surface area contributed by atoms with E-state index in [0.717, 1.165) is 11.1 Å². The number of halogens is 4. The van der Waals surface area contributed by atoms with Crippen LogP contribution in [0.3, 0.4) is 0 Å². The van der Waals surface area contributed by atoms with Gasteiger partial charge in [-0.05, 0) is 48.9 Å². The zero-order chi connectivity index (χ0) is 22.5. The number of rotatable bonds is 6. The van der Waals surface area contributed by atoms with E-state index in [-0.39, 0.29) is 24.9 Å². The van der Waals surface area contributed by atoms with E-state index in [1.54, 1.807) is 18.2 Å². The van der Waals surface area contributed by atoms with Gasteiger partial charge in [0.05, 0.1) is 6.42 Å². The van der Waals surface area contributed by atoms with E-state index < -0.39 is 17.5 Å². The van der Waals surface area contributed by atoms with Crippen LogP contribution in [0.2, 0.25) is 5.02 Å². The molecule has 2 N–H and O–H groups in total. The Labute approximate surface area is 184 Å². The molecule has 0 unspecified atom stereocenters. The van der Waals surface area contributed by atoms with Crippen molar-refractivity contribution in [2.75, 3.05) is 6.54 Å². The molecule has 2 aromatic rings. The number of nitrogens with one attached hydrogen (secondary N) is 2. The minimum atomic E-state index is -4.93. The van der Waals surface area contributed by atoms with E-state index in [1.807, 2.05) is 41.7 Å². The normalized spacial score (nSPS) is 21.4. The van der Waals surface area contributed by atoms with Gasteiger partial charge in [-0.25, -0.2) is 0 Å². The van der Waals surface area contributed by atoms with Gasteiger partial charge in [-0.2, -0.15) is 13.2 Å². The Kier molecular flexibility index (Phi) is 7.26. The van der Waals surface area contributed by atoms with Crippen molar-refractivity contribution in [1.82, 2.24) is 10.6 Å². The fourth-order valence-electron chi connectivity index (χ4n) is 4.11. The zero-order valence-electron chi connectivity index (χ0n) is 16.8. The predicted octanol–water partition coefficient (Wildman–Crippen LogP) is 4.56. The van der Waals surface area contributed by atoms with E-state index in [9.17, 15) is 22.8 Å². The predicted molar refractivity (Wildman–Crippen MR) is 113 cm³/mol. The van der Waals surface area contributed by atoms with Gasteiger partial charge in [0.25, 0.3) is 0 Å². The average molecular weight is 453 g/mol. The van der Waals surface area contributed by atoms with Gasteiger partial charge in [0.1, 0.15) is 0 Å². The van der Waals surface area contributed by atoms with Crippen LogP contribution in [0, 0.1) is 0 Å². The monoisotopic (exact) mass is 452 g/mol. The maximum atomic E-state index is 12.7. The lowest BCUT2D eigenvalue weighted by Gasteiger charge is -2.41. The summed E-state index contributed by atoms with van der Waals surface area (Å²) in [5.41, 5.74) is 1.03. The van der Waals surface area contributed by atoms with Gasteiger partial charge in [-0.1, -0.05) is 54.1 Å². The molecule has 3 rings (SSSR count). The average Bonchev–Trinajstić information content (AvgIpc) is 2.73. The van der Waals surface area contributed by atoms with Crippen LogP contribution in [0.5, 0.6) is 0 Å². The molecule has 0 radical (unpaired) electrons. The van der Waals surface area contributed by atoms with Gasteiger partial charge in [0, 0.05) is 23.0 Å². The van der Waals surface area contributed by atoms with Crippen LogP contribution < -0.4 is 10.6 Å². The number of benzene rings is 2. The highest BCUT2D eigenvalue weighted by Gasteiger charge is 2.42. The Morgan fingerprint density at radius 3 is 2.32 bits per heavy atom. The third-order valence-corrected chi connectivity index (χ3v) is 6.03. The van der Waals surface area contributed by atoms with Crippen molar-refractivity contribution in [3.05, 3.63) is 70.7 Å². The SMILES string of the molecule is O=C(Cc1ccccc1)NC1CCC(CNC(=O)C(F)(F)F)(c2cccc(Cl)c2)CC1. The van der Waals surface area contributed by atoms with Crippen LogP contribution in [-0.2, 0) is 21.4 Å². The number of carbonyl (C=O) groups is 2. The van der Waals surface area contributed by atoms with Crippen LogP contribution >= 0.6 is 11.6 Å². The number of hydrogen-bond donors (Lipinski definition) is 2. The van der Waals surface area contributed by atoms with E-state index in [4.69, 9.17) is 11.6 Å². The fourth-order valence-corrected chi connectivity index (χ4v) is 4.30. The lowest BCUT2D eigenvalue weighted by atomic mass is 9.68. The first-order valence-electron chi connectivity index (χ1n) is 10.1. The third kappa shape index (κ3) is 6.23. The van der Waals surface area contributed by atoms with Gasteiger partial charge >= 0.3 is 12.1 Å². The van der Waals surface area contributed by atoms with Crippen molar-refractivity contribution >= 4 is 23.4 Å². The number of amides is 2. The standard InChI is InChI=1S/C23H24ClF3N2O2/c24-18-8-4-7-17(14-18)22(15-28-21(31)23(25,26)27)11-9-19(10-12-22)29-20(30)13-16-5-2-1-3-6-16/h1-8,14,19H,9-13,15H2,(H,28,31)(H,29,30). The van der Waals surface area contributed by atoms with Crippen LogP contribution in [0.25, 0.3) is 0 Å². The summed E-state index contributed by atoms with van der Waals surface area (Å²) in [6.45, 7) is -0.142. The highest BCUT2D eigenvalue weighted by molar-refractivity contribution is 6.30. The molecule has 0 atom stereocenters. The molecule has 0 saturated heterocycles. The molecule has 8 heteroatoms. The molecular formula is C23H24ClF3N2O2. The Morgan fingerprint density at radius 2 is 1.71 bits per heavy atom. The Balaban J connectivity index is 1.66. The highest BCUT2D eigenvalue weighted by Crippen LogP contribution is 2.40. The van der Waals surface area contributed by atoms with Crippen LogP contribution in [-0.4, -0.2) is 30.6 Å². The molecule has 0 aliphatic heterocycles. The van der Waals surface area contributed by atoms with Gasteiger partial charge in [-0.3, -0.25) is 9.59 Å². The molecule has 31 heavy (non-hydrogen) atoms. The summed E-state index contributed by atoms with van der Waals surface area (Å²) in [5.74, 6) is -2.04. The van der Waals surface area contributed by atoms with Crippen LogP contribution in [0.15, 0.2) is 54.6 Å². The van der Waals surface area contributed by atoms with Gasteiger partial charge in [0.2, 0.25) is 5.91 Å². The summed E-state index contributed by atoms with van der Waals surface area (Å²) < 4.78 is 38.1. The van der Waals surface area contributed by atoms with Crippen molar-refractivity contribution in [3.8, 4) is 0 Å². The molecule has 2 aromatic carbocycles. The summed E-state index contributed by atoms with van der Waals surface area (Å²) in [6.07, 6.45) is -2.44. The first kappa shape index (κ1) is 23.1. The molecule has 166 valence electrons. The molecule has 0 heterocycles. The molecule has 1 aliphatic carbocycles. The molecule has 0 bridgehead atoms. The van der Waals surface area contributed by atoms with Crippen LogP contribution in [0.1, 0.15) is 36.8 Å². The maximum Gasteiger partial charge on any atom is 0.471 e. The lowest BCUT2D eigenvalue weighted by molar-refractivity contribution is -0.173. The summed E-state index contributed by atoms with van der Waals surface area (Å²) in [5, 5.41) is 5.55. The quantitative estimate of drug-likeness (QED) is 0.675. The Bertz CT molecular complexity index is 911. The number of hydrogen-bond acceptors (Lipinski definition) is 2. The maximum absolute atomic E-state index is 12.7. The zero-order valence-corrected chi connectivity index (χ0v) is 17.6. The lowest BCUT2D eigenvalue weighted by Crippen LogP contribution is -2.49. The van der Waals surface area contributed by atoms with Gasteiger partial charge in [-0.15, -0.1) is 0 Å². The first-order chi connectivity index (χ1) is 14.7. The molecule has 4 nitrogen and oxygen atoms in total. The fraction of sp³-hybridized carbons (Fsp3) is 0.391. The first-order valence-corrected chi connectivity index (χ1v) is 10.5. The molecule has 1 aliphatic rings. The Hall–Kier alpha value is -2.54. The van der Waals surface area contributed by atoms with E-state index in [0.29, 0.717) is 30.7 Å². The summed E-state index contributed by atoms with van der Waals surface area (Å²) in [7, 11) is 0. The minimum absolute atomic E-state index is 0.0677. The number of carbonyl (C=O) groups excluding carboxylic acids is 2. The van der Waals surface area contributed by atoms with Gasteiger partial charge < -0.3 is 10.6 Å². The second-order valence-electron chi connectivity index (χ2n) is 7.98. The third-order valence-electron chi connectivity index (χ3n) is 5.80. The van der Waals surface area contributed by atoms with E-state index in [2.05, 4.69) is 5.32 Å². The summed E-state index contributed by atoms with van der Waals surface area (Å²) in [6, 6.07) is 16.3. The molecule has 1 saturated carbocycles. The van der Waals surface area contributed by atoms with E-state index in [1.165, 1.54) is 0 Å². The minimum Gasteiger partial charge on any atom is -0.353 e. The second kappa shape index (κ2) is 9.73. The summed E-state index contributed by atoms with van der Waals surface area (Å²) in [4.78, 5) is 23.8. The van der Waals surface area contributed by atoms with Crippen molar-refractivity contribution in [1.29, 1.82) is 0 Å². The van der Waals surface area contributed by atoms with Crippen LogP contribution in [0.4, 0.5) is 13.2 Å². The van der Waals surface area contributed by atoms with Crippen molar-refractivity contribution in [3.63, 3.8) is 0 Å². The largest absolute Gasteiger partial charge is 0.471 e. The van der Waals surface area contributed by atoms with Crippen molar-refractivity contribution < 1.29 is 22.8 Å². The smallest absolute Gasteiger partial charge is 0.353 e. The second-order valence-corrected chi connectivity index (χ2v) is 8.41. The molecule has 0 aromatic heterocycles. The van der Waals surface area contributed by atoms with Gasteiger partial charge in [0.15, 0.2) is 0 Å². The molecule has 2 amide bonds. The summed E-state index contributed by atoms with van der Waals surface area (Å²) >= 11 is 6.11. The Morgan fingerprint density at radius 1 is 1.03 bits per heavy atom. The van der Waals surface area contributed by atoms with Crippen molar-refractivity contribution in [2.45, 2.75) is 49.7 Å². The topological polar surface area (TPSA) is 58.2 Å². The molecule has 1 fully saturated rings.